The lowest BCUT2D eigenvalue weighted by molar-refractivity contribution is -0.120. The molecule has 0 radical (unpaired) electrons. The highest BCUT2D eigenvalue weighted by Crippen LogP contribution is 2.09. The highest BCUT2D eigenvalue weighted by molar-refractivity contribution is 5.94. The number of nitrogens with one attached hydrogen (secondary N) is 3. The fraction of sp³-hybridized carbons (Fsp3) is 0.500. The summed E-state index contributed by atoms with van der Waals surface area (Å²) in [6.07, 6.45) is -0.648. The summed E-state index contributed by atoms with van der Waals surface area (Å²) >= 11 is 0. The van der Waals surface area contributed by atoms with E-state index in [1.165, 1.54) is 0 Å². The summed E-state index contributed by atoms with van der Waals surface area (Å²) in [5.41, 5.74) is 2.15. The van der Waals surface area contributed by atoms with Crippen molar-refractivity contribution in [1.82, 2.24) is 16.0 Å². The van der Waals surface area contributed by atoms with E-state index in [1.54, 1.807) is 26.8 Å². The van der Waals surface area contributed by atoms with Crippen LogP contribution in [-0.4, -0.2) is 43.1 Å². The first-order valence-electron chi connectivity index (χ1n) is 8.17. The Labute approximate surface area is 148 Å². The molecule has 1 rings (SSSR count). The molecule has 0 atom stereocenters. The van der Waals surface area contributed by atoms with Crippen LogP contribution < -0.4 is 16.0 Å². The number of ether oxygens (including phenoxy) is 1. The van der Waals surface area contributed by atoms with E-state index < -0.39 is 11.7 Å². The van der Waals surface area contributed by atoms with Gasteiger partial charge in [0.15, 0.2) is 0 Å². The fourth-order valence-corrected chi connectivity index (χ4v) is 1.89. The maximum absolute atomic E-state index is 12.0. The molecule has 0 heterocycles. The van der Waals surface area contributed by atoms with Crippen molar-refractivity contribution < 1.29 is 19.1 Å². The molecule has 0 unspecified atom stereocenters. The lowest BCUT2D eigenvalue weighted by atomic mass is 10.1. The predicted octanol–water partition coefficient (Wildman–Crippen LogP) is 1.67. The molecule has 0 spiro atoms. The normalized spacial score (nSPS) is 10.8. The Morgan fingerprint density at radius 2 is 1.60 bits per heavy atom. The Bertz CT molecular complexity index is 636. The fourth-order valence-electron chi connectivity index (χ4n) is 1.89. The molecule has 1 aromatic rings. The minimum absolute atomic E-state index is 0.181. The first kappa shape index (κ1) is 20.5. The highest BCUT2D eigenvalue weighted by atomic mass is 16.6. The van der Waals surface area contributed by atoms with E-state index in [4.69, 9.17) is 4.74 Å². The zero-order valence-corrected chi connectivity index (χ0v) is 15.5. The van der Waals surface area contributed by atoms with Crippen LogP contribution in [0.1, 0.15) is 42.3 Å². The van der Waals surface area contributed by atoms with E-state index in [1.807, 2.05) is 26.0 Å². The summed E-state index contributed by atoms with van der Waals surface area (Å²) < 4.78 is 5.03. The van der Waals surface area contributed by atoms with Crippen LogP contribution in [0.15, 0.2) is 18.2 Å². The Morgan fingerprint density at radius 1 is 0.960 bits per heavy atom. The molecule has 138 valence electrons. The van der Waals surface area contributed by atoms with E-state index in [0.29, 0.717) is 12.1 Å². The van der Waals surface area contributed by atoms with Crippen molar-refractivity contribution in [3.63, 3.8) is 0 Å². The van der Waals surface area contributed by atoms with E-state index in [0.717, 1.165) is 11.1 Å². The first-order chi connectivity index (χ1) is 11.6. The van der Waals surface area contributed by atoms with Gasteiger partial charge in [-0.05, 0) is 57.9 Å². The second-order valence-corrected chi connectivity index (χ2v) is 6.76. The first-order valence-corrected chi connectivity index (χ1v) is 8.17. The summed E-state index contributed by atoms with van der Waals surface area (Å²) in [6.45, 7) is 9.54. The van der Waals surface area contributed by atoms with E-state index in [2.05, 4.69) is 16.0 Å². The summed E-state index contributed by atoms with van der Waals surface area (Å²) in [5, 5.41) is 7.70. The zero-order chi connectivity index (χ0) is 19.0. The molecule has 0 saturated carbocycles. The van der Waals surface area contributed by atoms with Gasteiger partial charge < -0.3 is 20.7 Å². The molecule has 0 fully saturated rings. The summed E-state index contributed by atoms with van der Waals surface area (Å²) in [5.74, 6) is -0.546. The number of aryl methyl sites for hydroxylation is 2. The third-order valence-corrected chi connectivity index (χ3v) is 3.29. The van der Waals surface area contributed by atoms with Gasteiger partial charge in [0.05, 0.1) is 6.54 Å². The number of hydrogen-bond acceptors (Lipinski definition) is 4. The molecule has 1 aromatic carbocycles. The molecule has 3 N–H and O–H groups in total. The molecule has 0 bridgehead atoms. The van der Waals surface area contributed by atoms with Gasteiger partial charge in [-0.2, -0.15) is 0 Å². The lowest BCUT2D eigenvalue weighted by Gasteiger charge is -2.19. The average molecular weight is 349 g/mol. The van der Waals surface area contributed by atoms with Gasteiger partial charge >= 0.3 is 6.09 Å². The van der Waals surface area contributed by atoms with Crippen LogP contribution in [0.25, 0.3) is 0 Å². The smallest absolute Gasteiger partial charge is 0.408 e. The van der Waals surface area contributed by atoms with Crippen molar-refractivity contribution in [2.75, 3.05) is 19.6 Å². The van der Waals surface area contributed by atoms with Crippen LogP contribution in [0.2, 0.25) is 0 Å². The maximum Gasteiger partial charge on any atom is 0.408 e. The molecular formula is C18H27N3O4. The standard InChI is InChI=1S/C18H27N3O4/c1-12-6-7-14(10-13(12)2)16(23)20-9-8-19-15(22)11-21-17(24)25-18(3,4)5/h6-7,10H,8-9,11H2,1-5H3,(H,19,22)(H,20,23)(H,21,24). The molecule has 25 heavy (non-hydrogen) atoms. The topological polar surface area (TPSA) is 96.5 Å². The number of benzene rings is 1. The summed E-state index contributed by atoms with van der Waals surface area (Å²) in [7, 11) is 0. The van der Waals surface area contributed by atoms with E-state index in [-0.39, 0.29) is 24.9 Å². The highest BCUT2D eigenvalue weighted by Gasteiger charge is 2.16. The number of hydrogen-bond donors (Lipinski definition) is 3. The van der Waals surface area contributed by atoms with Crippen LogP contribution in [0.3, 0.4) is 0 Å². The second-order valence-electron chi connectivity index (χ2n) is 6.76. The third kappa shape index (κ3) is 8.19. The van der Waals surface area contributed by atoms with Gasteiger partial charge in [-0.3, -0.25) is 9.59 Å². The molecule has 0 aliphatic rings. The van der Waals surface area contributed by atoms with Crippen LogP contribution in [0.5, 0.6) is 0 Å². The van der Waals surface area contributed by atoms with Gasteiger partial charge in [-0.15, -0.1) is 0 Å². The van der Waals surface area contributed by atoms with Crippen molar-refractivity contribution in [2.45, 2.75) is 40.2 Å². The van der Waals surface area contributed by atoms with Crippen LogP contribution in [0.4, 0.5) is 4.79 Å². The van der Waals surface area contributed by atoms with Crippen LogP contribution in [-0.2, 0) is 9.53 Å². The Hall–Kier alpha value is -2.57. The SMILES string of the molecule is Cc1ccc(C(=O)NCCNC(=O)CNC(=O)OC(C)(C)C)cc1C. The summed E-state index contributed by atoms with van der Waals surface area (Å²) in [6, 6.07) is 5.49. The van der Waals surface area contributed by atoms with Crippen LogP contribution >= 0.6 is 0 Å². The molecule has 0 aromatic heterocycles. The average Bonchev–Trinajstić information content (AvgIpc) is 2.50. The predicted molar refractivity (Wildman–Crippen MR) is 95.5 cm³/mol. The van der Waals surface area contributed by atoms with E-state index in [9.17, 15) is 14.4 Å². The second kappa shape index (κ2) is 9.05. The van der Waals surface area contributed by atoms with Gasteiger partial charge in [0.25, 0.3) is 5.91 Å². The number of amides is 3. The summed E-state index contributed by atoms with van der Waals surface area (Å²) in [4.78, 5) is 35.0. The van der Waals surface area contributed by atoms with Gasteiger partial charge in [0.2, 0.25) is 5.91 Å². The minimum Gasteiger partial charge on any atom is -0.444 e. The molecule has 3 amide bonds. The molecule has 0 aliphatic heterocycles. The Balaban J connectivity index is 2.24. The number of alkyl carbamates (subject to hydrolysis) is 1. The largest absolute Gasteiger partial charge is 0.444 e. The van der Waals surface area contributed by atoms with Gasteiger partial charge in [0, 0.05) is 18.7 Å². The maximum atomic E-state index is 12.0. The van der Waals surface area contributed by atoms with Crippen molar-refractivity contribution in [2.24, 2.45) is 0 Å². The quantitative estimate of drug-likeness (QED) is 0.681. The molecule has 0 saturated heterocycles. The van der Waals surface area contributed by atoms with Crippen molar-refractivity contribution in [3.8, 4) is 0 Å². The van der Waals surface area contributed by atoms with Gasteiger partial charge in [-0.1, -0.05) is 6.07 Å². The molecular weight excluding hydrogens is 322 g/mol. The zero-order valence-electron chi connectivity index (χ0n) is 15.5. The van der Waals surface area contributed by atoms with Crippen molar-refractivity contribution >= 4 is 17.9 Å². The Morgan fingerprint density at radius 3 is 2.20 bits per heavy atom. The van der Waals surface area contributed by atoms with E-state index >= 15 is 0 Å². The number of rotatable bonds is 6. The van der Waals surface area contributed by atoms with Gasteiger partial charge in [0.1, 0.15) is 5.60 Å². The monoisotopic (exact) mass is 349 g/mol. The van der Waals surface area contributed by atoms with Gasteiger partial charge in [-0.25, -0.2) is 4.79 Å². The van der Waals surface area contributed by atoms with Crippen molar-refractivity contribution in [1.29, 1.82) is 0 Å². The minimum atomic E-state index is -0.648. The number of carbonyl (C=O) groups is 3. The molecule has 0 aliphatic carbocycles. The Kier molecular flexibility index (Phi) is 7.42. The molecule has 7 nitrogen and oxygen atoms in total. The number of carbonyl (C=O) groups excluding carboxylic acids is 3. The van der Waals surface area contributed by atoms with Crippen molar-refractivity contribution in [3.05, 3.63) is 34.9 Å². The third-order valence-electron chi connectivity index (χ3n) is 3.29. The van der Waals surface area contributed by atoms with Crippen LogP contribution in [0, 0.1) is 13.8 Å². The lowest BCUT2D eigenvalue weighted by Crippen LogP contribution is -2.42. The molecule has 7 heteroatoms.